The largest absolute Gasteiger partial charge is 0.586 e. The third kappa shape index (κ3) is 11.2. The van der Waals surface area contributed by atoms with Gasteiger partial charge in [0.1, 0.15) is 5.75 Å². The van der Waals surface area contributed by atoms with Crippen LogP contribution in [0.3, 0.4) is 0 Å². The molecule has 0 amide bonds. The summed E-state index contributed by atoms with van der Waals surface area (Å²) in [4.78, 5) is 34.8. The van der Waals surface area contributed by atoms with Crippen molar-refractivity contribution in [3.05, 3.63) is 67.3 Å². The van der Waals surface area contributed by atoms with Crippen LogP contribution in [-0.4, -0.2) is 50.6 Å². The fraction of sp³-hybridized carbons (Fsp3) is 0.406. The number of hydrogen-bond donors (Lipinski definition) is 0. The molecule has 2 aromatic carbocycles. The molecular formula is C32H36F2O10. The van der Waals surface area contributed by atoms with E-state index < -0.39 is 30.0 Å². The summed E-state index contributed by atoms with van der Waals surface area (Å²) >= 11 is 0. The first-order chi connectivity index (χ1) is 21.2. The predicted molar refractivity (Wildman–Crippen MR) is 154 cm³/mol. The molecule has 0 radical (unpaired) electrons. The number of carbonyl (C=O) groups excluding carboxylic acids is 3. The molecule has 0 fully saturated rings. The summed E-state index contributed by atoms with van der Waals surface area (Å²) in [5.74, 6) is -2.17. The average Bonchev–Trinajstić information content (AvgIpc) is 3.36. The Morgan fingerprint density at radius 3 is 1.68 bits per heavy atom. The lowest BCUT2D eigenvalue weighted by Crippen LogP contribution is -2.26. The van der Waals surface area contributed by atoms with Crippen LogP contribution in [0, 0.1) is 0 Å². The van der Waals surface area contributed by atoms with Crippen molar-refractivity contribution in [2.75, 3.05) is 26.4 Å². The smallest absolute Gasteiger partial charge is 0.494 e. The molecule has 0 aliphatic carbocycles. The van der Waals surface area contributed by atoms with Crippen molar-refractivity contribution in [3.63, 3.8) is 0 Å². The van der Waals surface area contributed by atoms with Crippen molar-refractivity contribution in [3.8, 4) is 28.7 Å². The van der Waals surface area contributed by atoms with Crippen molar-refractivity contribution >= 4 is 17.9 Å². The number of fused-ring (bicyclic) bond motifs is 1. The van der Waals surface area contributed by atoms with E-state index in [1.807, 2.05) is 0 Å². The van der Waals surface area contributed by atoms with Crippen LogP contribution < -0.4 is 23.7 Å². The summed E-state index contributed by atoms with van der Waals surface area (Å²) in [7, 11) is 0. The minimum atomic E-state index is -3.96. The second-order valence-electron chi connectivity index (χ2n) is 9.57. The molecule has 0 bridgehead atoms. The lowest BCUT2D eigenvalue weighted by Gasteiger charge is -2.11. The molecule has 2 aromatic rings. The highest BCUT2D eigenvalue weighted by Gasteiger charge is 2.47. The predicted octanol–water partition coefficient (Wildman–Crippen LogP) is 6.56. The Morgan fingerprint density at radius 2 is 1.14 bits per heavy atom. The topological polar surface area (TPSA) is 116 Å². The molecule has 3 rings (SSSR count). The first-order valence-electron chi connectivity index (χ1n) is 14.3. The lowest BCUT2D eigenvalue weighted by atomic mass is 10.2. The second kappa shape index (κ2) is 17.5. The molecule has 44 heavy (non-hydrogen) atoms. The maximum atomic E-state index is 14.0. The molecule has 10 nitrogen and oxygen atoms in total. The number of ether oxygens (including phenoxy) is 7. The number of carbonyl (C=O) groups is 3. The van der Waals surface area contributed by atoms with E-state index in [-0.39, 0.29) is 36.0 Å². The molecule has 0 aromatic heterocycles. The van der Waals surface area contributed by atoms with Gasteiger partial charge in [-0.15, -0.1) is 8.78 Å². The van der Waals surface area contributed by atoms with E-state index in [9.17, 15) is 23.2 Å². The van der Waals surface area contributed by atoms with Crippen molar-refractivity contribution in [2.24, 2.45) is 0 Å². The Balaban J connectivity index is 1.44. The van der Waals surface area contributed by atoms with Crippen LogP contribution in [0.1, 0.15) is 61.7 Å². The Bertz CT molecular complexity index is 1280. The van der Waals surface area contributed by atoms with Gasteiger partial charge in [-0.2, -0.15) is 0 Å². The number of unbranched alkanes of at least 4 members (excludes halogenated alkanes) is 6. The van der Waals surface area contributed by atoms with Gasteiger partial charge in [-0.1, -0.05) is 13.2 Å². The average molecular weight is 619 g/mol. The number of rotatable bonds is 20. The summed E-state index contributed by atoms with van der Waals surface area (Å²) in [6.07, 6.45) is 4.44. The molecule has 1 aliphatic rings. The summed E-state index contributed by atoms with van der Waals surface area (Å²) in [6, 6.07) is 8.87. The van der Waals surface area contributed by atoms with Crippen LogP contribution in [0.2, 0.25) is 0 Å². The molecule has 0 saturated carbocycles. The van der Waals surface area contributed by atoms with Crippen LogP contribution in [0.25, 0.3) is 0 Å². The molecule has 0 spiro atoms. The van der Waals surface area contributed by atoms with Crippen molar-refractivity contribution in [2.45, 2.75) is 57.7 Å². The third-order valence-electron chi connectivity index (χ3n) is 6.20. The monoisotopic (exact) mass is 618 g/mol. The zero-order valence-corrected chi connectivity index (χ0v) is 24.4. The van der Waals surface area contributed by atoms with Gasteiger partial charge in [-0.25, -0.2) is 14.4 Å². The van der Waals surface area contributed by atoms with Gasteiger partial charge in [0.05, 0.1) is 32.0 Å². The summed E-state index contributed by atoms with van der Waals surface area (Å²) in [6.45, 7) is 7.99. The highest BCUT2D eigenvalue weighted by molar-refractivity contribution is 5.91. The van der Waals surface area contributed by atoms with Crippen molar-refractivity contribution in [1.82, 2.24) is 0 Å². The molecular weight excluding hydrogens is 582 g/mol. The zero-order valence-electron chi connectivity index (χ0n) is 24.4. The SMILES string of the molecule is C=CC(=O)OCCCCCCOc1ccc(C(=O)Oc2ccc(OCCCCCCOC(=O)C=C)c3c2OC(F)(F)O3)cc1. The Kier molecular flexibility index (Phi) is 13.5. The number of esters is 3. The molecule has 1 heterocycles. The summed E-state index contributed by atoms with van der Waals surface area (Å²) in [5.41, 5.74) is 0.172. The van der Waals surface area contributed by atoms with Gasteiger partial charge in [0.25, 0.3) is 0 Å². The first-order valence-corrected chi connectivity index (χ1v) is 14.3. The van der Waals surface area contributed by atoms with E-state index >= 15 is 0 Å². The van der Waals surface area contributed by atoms with E-state index in [1.54, 1.807) is 12.1 Å². The molecule has 238 valence electrons. The standard InChI is InChI=1S/C32H36F2O10/c1-3-27(35)40-21-11-7-5-9-19-38-24-15-13-23(14-16-24)31(37)42-26-18-17-25(29-30(26)44-32(33,34)43-29)39-20-10-6-8-12-22-41-28(36)4-2/h3-4,13-18H,1-2,5-12,19-22H2. The van der Waals surface area contributed by atoms with Crippen LogP contribution in [0.15, 0.2) is 61.7 Å². The van der Waals surface area contributed by atoms with Crippen molar-refractivity contribution < 1.29 is 56.3 Å². The number of hydrogen-bond acceptors (Lipinski definition) is 10. The third-order valence-corrected chi connectivity index (χ3v) is 6.20. The normalized spacial score (nSPS) is 12.6. The Hall–Kier alpha value is -4.61. The maximum Gasteiger partial charge on any atom is 0.586 e. The van der Waals surface area contributed by atoms with Gasteiger partial charge in [0, 0.05) is 12.2 Å². The van der Waals surface area contributed by atoms with Gasteiger partial charge >= 0.3 is 24.2 Å². The highest BCUT2D eigenvalue weighted by Crippen LogP contribution is 2.52. The fourth-order valence-electron chi connectivity index (χ4n) is 3.97. The van der Waals surface area contributed by atoms with Gasteiger partial charge < -0.3 is 33.2 Å². The zero-order chi connectivity index (χ0) is 31.8. The van der Waals surface area contributed by atoms with Crippen LogP contribution in [0.4, 0.5) is 8.78 Å². The van der Waals surface area contributed by atoms with Crippen molar-refractivity contribution in [1.29, 1.82) is 0 Å². The number of halogens is 2. The van der Waals surface area contributed by atoms with E-state index in [0.717, 1.165) is 50.7 Å². The van der Waals surface area contributed by atoms with E-state index in [4.69, 9.17) is 23.7 Å². The van der Waals surface area contributed by atoms with Gasteiger partial charge in [0.15, 0.2) is 11.5 Å². The second-order valence-corrected chi connectivity index (χ2v) is 9.57. The number of alkyl halides is 2. The maximum absolute atomic E-state index is 14.0. The quantitative estimate of drug-likeness (QED) is 0.0699. The molecule has 0 atom stereocenters. The molecule has 0 N–H and O–H groups in total. The highest BCUT2D eigenvalue weighted by atomic mass is 19.3. The van der Waals surface area contributed by atoms with Crippen LogP contribution >= 0.6 is 0 Å². The van der Waals surface area contributed by atoms with E-state index in [2.05, 4.69) is 22.6 Å². The summed E-state index contributed by atoms with van der Waals surface area (Å²) in [5, 5.41) is 0. The first kappa shape index (κ1) is 33.9. The molecule has 0 saturated heterocycles. The fourth-order valence-corrected chi connectivity index (χ4v) is 3.97. The van der Waals surface area contributed by atoms with E-state index in [0.29, 0.717) is 31.8 Å². The lowest BCUT2D eigenvalue weighted by molar-refractivity contribution is -0.287. The van der Waals surface area contributed by atoms with Gasteiger partial charge in [-0.3, -0.25) is 0 Å². The minimum Gasteiger partial charge on any atom is -0.494 e. The van der Waals surface area contributed by atoms with Crippen LogP contribution in [-0.2, 0) is 19.1 Å². The molecule has 1 aliphatic heterocycles. The Morgan fingerprint density at radius 1 is 0.659 bits per heavy atom. The summed E-state index contributed by atoms with van der Waals surface area (Å²) < 4.78 is 63.7. The Labute approximate surface area is 254 Å². The van der Waals surface area contributed by atoms with E-state index in [1.165, 1.54) is 24.3 Å². The molecule has 0 unspecified atom stereocenters. The number of benzene rings is 2. The van der Waals surface area contributed by atoms with Gasteiger partial charge in [0.2, 0.25) is 11.5 Å². The molecule has 12 heteroatoms. The minimum absolute atomic E-state index is 0.0227. The van der Waals surface area contributed by atoms with Crippen LogP contribution in [0.5, 0.6) is 28.7 Å². The van der Waals surface area contributed by atoms with Gasteiger partial charge in [-0.05, 0) is 87.8 Å².